The summed E-state index contributed by atoms with van der Waals surface area (Å²) in [6.45, 7) is 3.18. The monoisotopic (exact) mass is 636 g/mol. The Morgan fingerprint density at radius 3 is 2.16 bits per heavy atom. The fourth-order valence-electron chi connectivity index (χ4n) is 4.49. The van der Waals surface area contributed by atoms with Crippen molar-refractivity contribution in [3.63, 3.8) is 0 Å². The molecule has 1 heterocycles. The molecule has 0 bridgehead atoms. The number of benzene rings is 3. The normalized spacial score (nSPS) is 12.0. The van der Waals surface area contributed by atoms with Crippen molar-refractivity contribution in [3.8, 4) is 17.4 Å². The zero-order valence-corrected chi connectivity index (χ0v) is 24.6. The van der Waals surface area contributed by atoms with E-state index in [1.165, 1.54) is 0 Å². The maximum atomic E-state index is 13.3. The molecule has 3 aromatic carbocycles. The van der Waals surface area contributed by atoms with Crippen LogP contribution in [0.4, 0.5) is 48.5 Å². The van der Waals surface area contributed by atoms with E-state index in [2.05, 4.69) is 25.9 Å². The maximum absolute atomic E-state index is 13.3. The predicted octanol–water partition coefficient (Wildman–Crippen LogP) is 7.56. The van der Waals surface area contributed by atoms with Crippen LogP contribution in [0.2, 0.25) is 0 Å². The number of hydrogen-bond donors (Lipinski definition) is 3. The highest BCUT2D eigenvalue weighted by molar-refractivity contribution is 6.08. The summed E-state index contributed by atoms with van der Waals surface area (Å²) in [4.78, 5) is 23.8. The molecule has 0 unspecified atom stereocenters. The molecule has 3 N–H and O–H groups in total. The largest absolute Gasteiger partial charge is 0.495 e. The molecule has 4 aromatic rings. The molecule has 9 nitrogen and oxygen atoms in total. The van der Waals surface area contributed by atoms with Gasteiger partial charge in [0.05, 0.1) is 18.5 Å². The number of nitrogens with one attached hydrogen (secondary N) is 3. The molecule has 0 aliphatic rings. The maximum Gasteiger partial charge on any atom is 0.404 e. The van der Waals surface area contributed by atoms with Crippen LogP contribution in [0.1, 0.15) is 17.2 Å². The molecule has 4 rings (SSSR count). The molecule has 0 atom stereocenters. The third-order valence-corrected chi connectivity index (χ3v) is 6.48. The number of amides is 2. The van der Waals surface area contributed by atoms with E-state index < -0.39 is 29.9 Å². The summed E-state index contributed by atoms with van der Waals surface area (Å²) in [6, 6.07) is 13.0. The van der Waals surface area contributed by atoms with Gasteiger partial charge in [0.25, 0.3) is 0 Å². The van der Waals surface area contributed by atoms with Crippen molar-refractivity contribution in [1.29, 1.82) is 0 Å². The Labute approximate surface area is 254 Å². The Hall–Kier alpha value is -4.79. The van der Waals surface area contributed by atoms with Crippen molar-refractivity contribution in [2.75, 3.05) is 50.2 Å². The summed E-state index contributed by atoms with van der Waals surface area (Å²) in [5.41, 5.74) is -0.528. The molecule has 0 radical (unpaired) electrons. The van der Waals surface area contributed by atoms with Crippen LogP contribution < -0.4 is 25.4 Å². The lowest BCUT2D eigenvalue weighted by molar-refractivity contribution is -0.253. The average molecular weight is 637 g/mol. The minimum Gasteiger partial charge on any atom is -0.495 e. The van der Waals surface area contributed by atoms with E-state index in [0.717, 1.165) is 19.7 Å². The number of aryl methyl sites for hydroxylation is 1. The number of likely N-dealkylation sites (N-methyl/N-ethyl adjacent to an activating group) is 1. The van der Waals surface area contributed by atoms with E-state index in [4.69, 9.17) is 9.47 Å². The van der Waals surface area contributed by atoms with Crippen LogP contribution >= 0.6 is 0 Å². The van der Waals surface area contributed by atoms with Crippen LogP contribution in [0.3, 0.4) is 0 Å². The Morgan fingerprint density at radius 1 is 0.867 bits per heavy atom. The van der Waals surface area contributed by atoms with Crippen LogP contribution in [-0.4, -0.2) is 67.5 Å². The molecule has 240 valence electrons. The summed E-state index contributed by atoms with van der Waals surface area (Å²) in [7, 11) is 5.05. The van der Waals surface area contributed by atoms with Gasteiger partial charge in [0.15, 0.2) is 5.92 Å². The zero-order valence-electron chi connectivity index (χ0n) is 24.6. The first kappa shape index (κ1) is 33.1. The van der Waals surface area contributed by atoms with E-state index in [9.17, 15) is 31.1 Å². The van der Waals surface area contributed by atoms with Gasteiger partial charge in [0.2, 0.25) is 11.8 Å². The average Bonchev–Trinajstić information content (AvgIpc) is 2.92. The molecular weight excluding hydrogens is 606 g/mol. The Bertz CT molecular complexity index is 1650. The molecule has 0 saturated heterocycles. The van der Waals surface area contributed by atoms with Gasteiger partial charge in [0.1, 0.15) is 11.5 Å². The lowest BCUT2D eigenvalue weighted by Crippen LogP contribution is -2.34. The zero-order chi connectivity index (χ0) is 32.9. The quantitative estimate of drug-likeness (QED) is 0.155. The predicted molar refractivity (Wildman–Crippen MR) is 158 cm³/mol. The Balaban J connectivity index is 1.58. The van der Waals surface area contributed by atoms with E-state index in [0.29, 0.717) is 52.5 Å². The third-order valence-electron chi connectivity index (χ3n) is 6.48. The number of carbonyl (C=O) groups is 1. The summed E-state index contributed by atoms with van der Waals surface area (Å²) in [6.07, 6.45) is -11.2. The van der Waals surface area contributed by atoms with Gasteiger partial charge >= 0.3 is 18.4 Å². The van der Waals surface area contributed by atoms with Crippen LogP contribution in [0, 0.1) is 6.92 Å². The molecule has 0 fully saturated rings. The molecule has 2 amide bonds. The van der Waals surface area contributed by atoms with E-state index in [1.54, 1.807) is 49.4 Å². The minimum atomic E-state index is -5.61. The summed E-state index contributed by atoms with van der Waals surface area (Å²) in [5.74, 6) is -2.81. The number of ether oxygens (including phenoxy) is 2. The van der Waals surface area contributed by atoms with E-state index in [-0.39, 0.29) is 17.3 Å². The second kappa shape index (κ2) is 13.5. The van der Waals surface area contributed by atoms with E-state index >= 15 is 0 Å². The van der Waals surface area contributed by atoms with Crippen molar-refractivity contribution in [2.24, 2.45) is 0 Å². The minimum absolute atomic E-state index is 0.138. The van der Waals surface area contributed by atoms with Crippen LogP contribution in [0.5, 0.6) is 17.4 Å². The first-order valence-corrected chi connectivity index (χ1v) is 13.5. The highest BCUT2D eigenvalue weighted by Gasteiger charge is 2.57. The summed E-state index contributed by atoms with van der Waals surface area (Å²) in [5, 5.41) is 9.16. The van der Waals surface area contributed by atoms with Gasteiger partial charge in [-0.05, 0) is 50.8 Å². The fourth-order valence-corrected chi connectivity index (χ4v) is 4.49. The Morgan fingerprint density at radius 2 is 1.51 bits per heavy atom. The van der Waals surface area contributed by atoms with Gasteiger partial charge in [-0.3, -0.25) is 0 Å². The second-order valence-corrected chi connectivity index (χ2v) is 10.2. The number of hydrogen-bond acceptors (Lipinski definition) is 7. The molecule has 1 aromatic heterocycles. The first-order valence-electron chi connectivity index (χ1n) is 13.5. The number of anilines is 3. The molecule has 45 heavy (non-hydrogen) atoms. The number of alkyl halides is 6. The van der Waals surface area contributed by atoms with Gasteiger partial charge in [-0.25, -0.2) is 9.78 Å². The molecule has 0 spiro atoms. The number of fused-ring (bicyclic) bond motifs is 1. The number of aromatic nitrogens is 2. The number of methoxy groups -OCH3 is 1. The van der Waals surface area contributed by atoms with Crippen LogP contribution in [-0.2, 0) is 0 Å². The fraction of sp³-hybridized carbons (Fsp3) is 0.300. The van der Waals surface area contributed by atoms with Crippen molar-refractivity contribution >= 4 is 34.1 Å². The molecule has 0 saturated carbocycles. The highest BCUT2D eigenvalue weighted by atomic mass is 19.4. The molecule has 0 aliphatic carbocycles. The molecule has 15 heteroatoms. The topological polar surface area (TPSA) is 101 Å². The van der Waals surface area contributed by atoms with Crippen molar-refractivity contribution in [2.45, 2.75) is 25.2 Å². The first-order chi connectivity index (χ1) is 21.2. The highest BCUT2D eigenvalue weighted by Crippen LogP contribution is 2.47. The molecular formula is C30H30F6N6O3. The number of urea groups is 1. The van der Waals surface area contributed by atoms with Gasteiger partial charge in [0, 0.05) is 35.6 Å². The standard InChI is InChI=1S/C30H30F6N6O3/c1-17-15-25(41-27(38-17)37-13-14-42(2)3)45-23-12-10-21(19-7-5-6-8-20(19)23)39-28(43)40-22-16-18(9-11-24(22)44-4)26(29(31,32)33)30(34,35)36/h5-12,15-16,26H,13-14H2,1-4H3,(H,37,38,41)(H2,39,40,43). The lowest BCUT2D eigenvalue weighted by atomic mass is 9.97. The number of rotatable bonds is 10. The van der Waals surface area contributed by atoms with Crippen molar-refractivity contribution in [1.82, 2.24) is 14.9 Å². The van der Waals surface area contributed by atoms with Crippen molar-refractivity contribution < 1.29 is 40.6 Å². The van der Waals surface area contributed by atoms with Crippen LogP contribution in [0.25, 0.3) is 10.8 Å². The van der Waals surface area contributed by atoms with Crippen molar-refractivity contribution in [3.05, 3.63) is 71.9 Å². The second-order valence-electron chi connectivity index (χ2n) is 10.2. The lowest BCUT2D eigenvalue weighted by Gasteiger charge is -2.24. The van der Waals surface area contributed by atoms with Crippen LogP contribution in [0.15, 0.2) is 60.7 Å². The SMILES string of the molecule is COc1ccc(C(C(F)(F)F)C(F)(F)F)cc1NC(=O)Nc1ccc(Oc2cc(C)nc(NCCN(C)C)n2)c2ccccc12. The summed E-state index contributed by atoms with van der Waals surface area (Å²) >= 11 is 0. The number of nitrogens with zero attached hydrogens (tertiary/aromatic N) is 3. The smallest absolute Gasteiger partial charge is 0.404 e. The number of halogens is 6. The van der Waals surface area contributed by atoms with Gasteiger partial charge in [-0.2, -0.15) is 31.3 Å². The van der Waals surface area contributed by atoms with Gasteiger partial charge in [-0.1, -0.05) is 30.3 Å². The van der Waals surface area contributed by atoms with Gasteiger partial charge < -0.3 is 30.3 Å². The Kier molecular flexibility index (Phi) is 9.91. The number of carbonyl (C=O) groups excluding carboxylic acids is 1. The van der Waals surface area contributed by atoms with E-state index in [1.807, 2.05) is 19.0 Å². The van der Waals surface area contributed by atoms with Gasteiger partial charge in [-0.15, -0.1) is 0 Å². The third kappa shape index (κ3) is 8.44. The summed E-state index contributed by atoms with van der Waals surface area (Å²) < 4.78 is 91.1. The molecule has 0 aliphatic heterocycles.